The van der Waals surface area contributed by atoms with E-state index in [2.05, 4.69) is 25.9 Å². The maximum Gasteiger partial charge on any atom is 0.408 e. The van der Waals surface area contributed by atoms with Crippen LogP contribution in [0, 0.1) is 5.92 Å². The summed E-state index contributed by atoms with van der Waals surface area (Å²) in [5.74, 6) is -1.40. The molecule has 0 aliphatic heterocycles. The first-order valence-corrected chi connectivity index (χ1v) is 6.54. The molecule has 1 aromatic rings. The van der Waals surface area contributed by atoms with Gasteiger partial charge in [-0.1, -0.05) is 31.2 Å². The number of aromatic amines is 1. The zero-order valence-electron chi connectivity index (χ0n) is 11.6. The molecule has 1 amide bonds. The Morgan fingerprint density at radius 2 is 2.00 bits per heavy atom. The normalized spacial score (nSPS) is 19.0. The van der Waals surface area contributed by atoms with Crippen LogP contribution >= 0.6 is 0 Å². The van der Waals surface area contributed by atoms with Crippen LogP contribution in [0.25, 0.3) is 0 Å². The van der Waals surface area contributed by atoms with Gasteiger partial charge in [-0.25, -0.2) is 0 Å². The minimum atomic E-state index is -4.51. The molecule has 2 rings (SSSR count). The molecule has 1 atom stereocenters. The quantitative estimate of drug-likeness (QED) is 0.826. The van der Waals surface area contributed by atoms with Gasteiger partial charge >= 0.3 is 6.18 Å². The van der Waals surface area contributed by atoms with Crippen molar-refractivity contribution in [3.8, 4) is 0 Å². The number of tetrazole rings is 1. The topological polar surface area (TPSA) is 83.6 Å². The number of allylic oxidation sites excluding steroid dienone is 2. The molecule has 0 saturated heterocycles. The Bertz CT molecular complexity index is 515. The lowest BCUT2D eigenvalue weighted by molar-refractivity contribution is -0.171. The van der Waals surface area contributed by atoms with Crippen molar-refractivity contribution in [3.63, 3.8) is 0 Å². The highest BCUT2D eigenvalue weighted by atomic mass is 19.4. The van der Waals surface area contributed by atoms with E-state index in [0.29, 0.717) is 0 Å². The summed E-state index contributed by atoms with van der Waals surface area (Å²) >= 11 is 0. The highest BCUT2D eigenvalue weighted by Gasteiger charge is 2.49. The van der Waals surface area contributed by atoms with Crippen LogP contribution in [0.4, 0.5) is 13.2 Å². The predicted molar refractivity (Wildman–Crippen MR) is 67.1 cm³/mol. The molecule has 1 aromatic heterocycles. The van der Waals surface area contributed by atoms with Crippen molar-refractivity contribution >= 4 is 5.91 Å². The summed E-state index contributed by atoms with van der Waals surface area (Å²) in [6, 6.07) is -1.91. The first kappa shape index (κ1) is 15.5. The van der Waals surface area contributed by atoms with E-state index in [1.807, 2.05) is 0 Å². The highest BCUT2D eigenvalue weighted by molar-refractivity contribution is 5.88. The van der Waals surface area contributed by atoms with Crippen LogP contribution in [0.1, 0.15) is 32.5 Å². The Morgan fingerprint density at radius 3 is 2.43 bits per heavy atom. The largest absolute Gasteiger partial charge is 0.408 e. The molecular weight excluding hydrogens is 287 g/mol. The molecule has 0 radical (unpaired) electrons. The summed E-state index contributed by atoms with van der Waals surface area (Å²) < 4.78 is 39.0. The molecular formula is C12H16F3N5O. The Labute approximate surface area is 119 Å². The number of H-pyrrole nitrogens is 1. The fourth-order valence-corrected chi connectivity index (χ4v) is 2.39. The van der Waals surface area contributed by atoms with Crippen LogP contribution in [0.2, 0.25) is 0 Å². The maximum absolute atomic E-state index is 13.0. The Morgan fingerprint density at radius 1 is 1.38 bits per heavy atom. The van der Waals surface area contributed by atoms with E-state index in [1.54, 1.807) is 12.2 Å². The van der Waals surface area contributed by atoms with Crippen LogP contribution in [-0.4, -0.2) is 38.7 Å². The first-order valence-electron chi connectivity index (χ1n) is 6.54. The molecule has 0 spiro atoms. The summed E-state index contributed by atoms with van der Waals surface area (Å²) in [5, 5.41) is 15.3. The van der Waals surface area contributed by atoms with Gasteiger partial charge in [0.25, 0.3) is 0 Å². The number of rotatable bonds is 4. The van der Waals surface area contributed by atoms with Gasteiger partial charge in [-0.2, -0.15) is 18.4 Å². The van der Waals surface area contributed by atoms with Crippen molar-refractivity contribution in [1.82, 2.24) is 25.9 Å². The van der Waals surface area contributed by atoms with E-state index in [0.717, 1.165) is 0 Å². The van der Waals surface area contributed by atoms with Gasteiger partial charge in [0.05, 0.1) is 0 Å². The van der Waals surface area contributed by atoms with Crippen LogP contribution in [-0.2, 0) is 10.2 Å². The monoisotopic (exact) mass is 303 g/mol. The number of amides is 1. The molecule has 1 aliphatic rings. The number of hydrogen-bond acceptors (Lipinski definition) is 4. The SMILES string of the molecule is CC(C)[C@@H](NC(=O)C1(c2nn[nH]n2)CC=CC1)C(F)(F)F. The number of nitrogens with zero attached hydrogens (tertiary/aromatic N) is 3. The van der Waals surface area contributed by atoms with Crippen LogP contribution < -0.4 is 5.32 Å². The van der Waals surface area contributed by atoms with Gasteiger partial charge in [0, 0.05) is 0 Å². The van der Waals surface area contributed by atoms with Gasteiger partial charge in [0.15, 0.2) is 5.82 Å². The third-order valence-corrected chi connectivity index (χ3v) is 3.61. The summed E-state index contributed by atoms with van der Waals surface area (Å²) in [7, 11) is 0. The Balaban J connectivity index is 2.25. The van der Waals surface area contributed by atoms with Gasteiger partial charge in [0.1, 0.15) is 11.5 Å². The van der Waals surface area contributed by atoms with Crippen molar-refractivity contribution in [2.24, 2.45) is 5.92 Å². The average Bonchev–Trinajstić information content (AvgIpc) is 3.03. The summed E-state index contributed by atoms with van der Waals surface area (Å²) in [4.78, 5) is 12.5. The van der Waals surface area contributed by atoms with E-state index in [4.69, 9.17) is 0 Å². The number of carbonyl (C=O) groups is 1. The molecule has 1 heterocycles. The number of carbonyl (C=O) groups excluding carboxylic acids is 1. The number of halogens is 3. The van der Waals surface area contributed by atoms with Crippen molar-refractivity contribution < 1.29 is 18.0 Å². The molecule has 0 saturated carbocycles. The molecule has 9 heteroatoms. The van der Waals surface area contributed by atoms with E-state index in [1.165, 1.54) is 13.8 Å². The van der Waals surface area contributed by atoms with Crippen LogP contribution in [0.15, 0.2) is 12.2 Å². The zero-order valence-corrected chi connectivity index (χ0v) is 11.6. The standard InChI is InChI=1S/C12H16F3N5O/c1-7(2)8(12(13,14)15)16-10(21)11(5-3-4-6-11)9-17-19-20-18-9/h3-4,7-8H,5-6H2,1-2H3,(H,16,21)(H,17,18,19,20)/t8-/m1/s1. The van der Waals surface area contributed by atoms with E-state index < -0.39 is 29.5 Å². The first-order chi connectivity index (χ1) is 9.77. The summed E-state index contributed by atoms with van der Waals surface area (Å²) in [6.07, 6.45) is -0.543. The molecule has 21 heavy (non-hydrogen) atoms. The molecule has 0 unspecified atom stereocenters. The molecule has 6 nitrogen and oxygen atoms in total. The zero-order chi connectivity index (χ0) is 15.7. The van der Waals surface area contributed by atoms with Gasteiger partial charge in [-0.3, -0.25) is 4.79 Å². The van der Waals surface area contributed by atoms with Crippen molar-refractivity contribution in [3.05, 3.63) is 18.0 Å². The fourth-order valence-electron chi connectivity index (χ4n) is 2.39. The lowest BCUT2D eigenvalue weighted by Crippen LogP contribution is -2.54. The summed E-state index contributed by atoms with van der Waals surface area (Å²) in [6.45, 7) is 2.82. The lowest BCUT2D eigenvalue weighted by Gasteiger charge is -2.30. The van der Waals surface area contributed by atoms with E-state index in [9.17, 15) is 18.0 Å². The maximum atomic E-state index is 13.0. The smallest absolute Gasteiger partial charge is 0.343 e. The second-order valence-corrected chi connectivity index (χ2v) is 5.43. The van der Waals surface area contributed by atoms with Crippen LogP contribution in [0.3, 0.4) is 0 Å². The average molecular weight is 303 g/mol. The Kier molecular flexibility index (Phi) is 4.02. The van der Waals surface area contributed by atoms with Crippen molar-refractivity contribution in [2.75, 3.05) is 0 Å². The third-order valence-electron chi connectivity index (χ3n) is 3.61. The van der Waals surface area contributed by atoms with E-state index in [-0.39, 0.29) is 18.7 Å². The number of alkyl halides is 3. The van der Waals surface area contributed by atoms with E-state index >= 15 is 0 Å². The highest BCUT2D eigenvalue weighted by Crippen LogP contribution is 2.36. The predicted octanol–water partition coefficient (Wildman–Crippen LogP) is 1.49. The minimum Gasteiger partial charge on any atom is -0.343 e. The van der Waals surface area contributed by atoms with Gasteiger partial charge in [-0.15, -0.1) is 10.2 Å². The molecule has 0 fully saturated rings. The Hall–Kier alpha value is -1.93. The minimum absolute atomic E-state index is 0.106. The molecule has 2 N–H and O–H groups in total. The van der Waals surface area contributed by atoms with Crippen molar-refractivity contribution in [1.29, 1.82) is 0 Å². The number of hydrogen-bond donors (Lipinski definition) is 2. The van der Waals surface area contributed by atoms with Gasteiger partial charge in [0.2, 0.25) is 5.91 Å². The summed E-state index contributed by atoms with van der Waals surface area (Å²) in [5.41, 5.74) is -1.22. The van der Waals surface area contributed by atoms with Crippen molar-refractivity contribution in [2.45, 2.75) is 44.3 Å². The molecule has 0 aromatic carbocycles. The third kappa shape index (κ3) is 2.91. The molecule has 116 valence electrons. The second-order valence-electron chi connectivity index (χ2n) is 5.43. The molecule has 0 bridgehead atoms. The lowest BCUT2D eigenvalue weighted by atomic mass is 9.83. The number of aromatic nitrogens is 4. The second kappa shape index (κ2) is 5.45. The van der Waals surface area contributed by atoms with Gasteiger partial charge in [-0.05, 0) is 18.8 Å². The fraction of sp³-hybridized carbons (Fsp3) is 0.667. The van der Waals surface area contributed by atoms with Crippen LogP contribution in [0.5, 0.6) is 0 Å². The number of nitrogens with one attached hydrogen (secondary N) is 2. The van der Waals surface area contributed by atoms with Gasteiger partial charge < -0.3 is 5.32 Å². The molecule has 1 aliphatic carbocycles.